The lowest BCUT2D eigenvalue weighted by Crippen LogP contribution is -2.37. The van der Waals surface area contributed by atoms with E-state index >= 15 is 0 Å². The van der Waals surface area contributed by atoms with Crippen LogP contribution >= 0.6 is 0 Å². The SMILES string of the molecule is C[C@@H](Cc1ccc(N)cc1)NC(=O)c1cc(=O)[nH]c(=O)[nH]1. The molecule has 0 aliphatic rings. The summed E-state index contributed by atoms with van der Waals surface area (Å²) in [6.45, 7) is 1.83. The summed E-state index contributed by atoms with van der Waals surface area (Å²) in [4.78, 5) is 38.5. The van der Waals surface area contributed by atoms with E-state index in [1.807, 2.05) is 24.0 Å². The van der Waals surface area contributed by atoms with Gasteiger partial charge in [-0.1, -0.05) is 12.1 Å². The molecule has 0 bridgehead atoms. The van der Waals surface area contributed by atoms with E-state index in [0.717, 1.165) is 11.6 Å². The lowest BCUT2D eigenvalue weighted by molar-refractivity contribution is 0.0934. The smallest absolute Gasteiger partial charge is 0.326 e. The molecule has 0 unspecified atom stereocenters. The molecule has 0 spiro atoms. The Morgan fingerprint density at radius 3 is 2.52 bits per heavy atom. The van der Waals surface area contributed by atoms with E-state index in [4.69, 9.17) is 5.73 Å². The van der Waals surface area contributed by atoms with Crippen molar-refractivity contribution in [2.75, 3.05) is 5.73 Å². The molecule has 0 aliphatic carbocycles. The maximum atomic E-state index is 11.9. The van der Waals surface area contributed by atoms with Gasteiger partial charge in [0.2, 0.25) is 0 Å². The Balaban J connectivity index is 2.03. The van der Waals surface area contributed by atoms with E-state index < -0.39 is 17.2 Å². The van der Waals surface area contributed by atoms with Gasteiger partial charge < -0.3 is 16.0 Å². The number of hydrogen-bond acceptors (Lipinski definition) is 4. The molecule has 0 fully saturated rings. The maximum absolute atomic E-state index is 11.9. The average molecular weight is 288 g/mol. The molecule has 7 heteroatoms. The van der Waals surface area contributed by atoms with Crippen LogP contribution in [0.1, 0.15) is 23.0 Å². The quantitative estimate of drug-likeness (QED) is 0.592. The van der Waals surface area contributed by atoms with Crippen molar-refractivity contribution in [1.82, 2.24) is 15.3 Å². The normalized spacial score (nSPS) is 11.9. The van der Waals surface area contributed by atoms with Crippen molar-refractivity contribution in [2.45, 2.75) is 19.4 Å². The Labute approximate surface area is 120 Å². The summed E-state index contributed by atoms with van der Waals surface area (Å²) >= 11 is 0. The van der Waals surface area contributed by atoms with Gasteiger partial charge in [0.25, 0.3) is 11.5 Å². The monoisotopic (exact) mass is 288 g/mol. The number of anilines is 1. The summed E-state index contributed by atoms with van der Waals surface area (Å²) < 4.78 is 0. The summed E-state index contributed by atoms with van der Waals surface area (Å²) in [6, 6.07) is 8.23. The number of benzene rings is 1. The standard InChI is InChI=1S/C14H16N4O3/c1-8(6-9-2-4-10(15)5-3-9)16-13(20)11-7-12(19)18-14(21)17-11/h2-5,7-8H,6,15H2,1H3,(H,16,20)(H2,17,18,19,21)/t8-/m0/s1. The minimum atomic E-state index is -0.709. The number of aromatic amines is 2. The molecule has 0 aliphatic heterocycles. The van der Waals surface area contributed by atoms with Crippen LogP contribution in [0.3, 0.4) is 0 Å². The minimum Gasteiger partial charge on any atom is -0.399 e. The van der Waals surface area contributed by atoms with Crippen molar-refractivity contribution in [3.8, 4) is 0 Å². The molecule has 2 rings (SSSR count). The molecule has 1 aromatic carbocycles. The van der Waals surface area contributed by atoms with Crippen molar-refractivity contribution in [1.29, 1.82) is 0 Å². The third-order valence-electron chi connectivity index (χ3n) is 2.90. The van der Waals surface area contributed by atoms with Gasteiger partial charge in [0, 0.05) is 17.8 Å². The lowest BCUT2D eigenvalue weighted by atomic mass is 10.1. The number of amides is 1. The number of nitrogens with one attached hydrogen (secondary N) is 3. The predicted octanol–water partition coefficient (Wildman–Crippen LogP) is 0.00640. The molecule has 7 nitrogen and oxygen atoms in total. The van der Waals surface area contributed by atoms with E-state index in [1.165, 1.54) is 0 Å². The van der Waals surface area contributed by atoms with Gasteiger partial charge in [-0.15, -0.1) is 0 Å². The van der Waals surface area contributed by atoms with Gasteiger partial charge in [-0.25, -0.2) is 4.79 Å². The first kappa shape index (κ1) is 14.6. The number of aromatic nitrogens is 2. The second-order valence-electron chi connectivity index (χ2n) is 4.82. The van der Waals surface area contributed by atoms with E-state index in [0.29, 0.717) is 12.1 Å². The van der Waals surface area contributed by atoms with Gasteiger partial charge in [-0.3, -0.25) is 14.6 Å². The van der Waals surface area contributed by atoms with Crippen LogP contribution in [-0.4, -0.2) is 21.9 Å². The Hall–Kier alpha value is -2.83. The molecule has 5 N–H and O–H groups in total. The number of carbonyl (C=O) groups is 1. The molecule has 110 valence electrons. The number of nitrogen functional groups attached to an aromatic ring is 1. The fraction of sp³-hybridized carbons (Fsp3) is 0.214. The lowest BCUT2D eigenvalue weighted by Gasteiger charge is -2.13. The topological polar surface area (TPSA) is 121 Å². The van der Waals surface area contributed by atoms with Crippen molar-refractivity contribution in [2.24, 2.45) is 0 Å². The van der Waals surface area contributed by atoms with Gasteiger partial charge in [0.1, 0.15) is 5.69 Å². The zero-order valence-electron chi connectivity index (χ0n) is 11.5. The summed E-state index contributed by atoms with van der Waals surface area (Å²) in [7, 11) is 0. The molecule has 0 saturated heterocycles. The van der Waals surface area contributed by atoms with Crippen molar-refractivity contribution < 1.29 is 4.79 Å². The highest BCUT2D eigenvalue weighted by molar-refractivity contribution is 5.92. The van der Waals surface area contributed by atoms with E-state index in [1.54, 1.807) is 12.1 Å². The number of carbonyl (C=O) groups excluding carboxylic acids is 1. The minimum absolute atomic E-state index is 0.0621. The Morgan fingerprint density at radius 1 is 1.24 bits per heavy atom. The second kappa shape index (κ2) is 6.08. The molecule has 2 aromatic rings. The highest BCUT2D eigenvalue weighted by Gasteiger charge is 2.12. The van der Waals surface area contributed by atoms with Crippen molar-refractivity contribution >= 4 is 11.6 Å². The predicted molar refractivity (Wildman–Crippen MR) is 79.2 cm³/mol. The molecule has 1 heterocycles. The number of rotatable bonds is 4. The molecule has 1 amide bonds. The van der Waals surface area contributed by atoms with Crippen LogP contribution in [0.5, 0.6) is 0 Å². The Bertz CT molecular complexity index is 718. The second-order valence-corrected chi connectivity index (χ2v) is 4.82. The molecular formula is C14H16N4O3. The first-order valence-corrected chi connectivity index (χ1v) is 6.43. The van der Waals surface area contributed by atoms with Gasteiger partial charge in [-0.2, -0.15) is 0 Å². The van der Waals surface area contributed by atoms with Crippen LogP contribution in [0, 0.1) is 0 Å². The number of nitrogens with two attached hydrogens (primary N) is 1. The zero-order chi connectivity index (χ0) is 15.4. The van der Waals surface area contributed by atoms with Crippen LogP contribution in [-0.2, 0) is 6.42 Å². The van der Waals surface area contributed by atoms with Crippen LogP contribution in [0.4, 0.5) is 5.69 Å². The molecule has 0 saturated carbocycles. The summed E-state index contributed by atoms with van der Waals surface area (Å²) in [5, 5.41) is 2.72. The Kier molecular flexibility index (Phi) is 4.22. The van der Waals surface area contributed by atoms with E-state index in [9.17, 15) is 14.4 Å². The van der Waals surface area contributed by atoms with Gasteiger partial charge in [-0.05, 0) is 31.0 Å². The summed E-state index contributed by atoms with van der Waals surface area (Å²) in [6.07, 6.45) is 0.611. The molecule has 0 radical (unpaired) electrons. The van der Waals surface area contributed by atoms with Gasteiger partial charge in [0.05, 0.1) is 0 Å². The number of hydrogen-bond donors (Lipinski definition) is 4. The van der Waals surface area contributed by atoms with Gasteiger partial charge >= 0.3 is 5.69 Å². The van der Waals surface area contributed by atoms with Crippen molar-refractivity contribution in [3.63, 3.8) is 0 Å². The first-order chi connectivity index (χ1) is 9.94. The fourth-order valence-electron chi connectivity index (χ4n) is 1.95. The van der Waals surface area contributed by atoms with Crippen LogP contribution < -0.4 is 22.3 Å². The summed E-state index contributed by atoms with van der Waals surface area (Å²) in [5.74, 6) is -0.499. The van der Waals surface area contributed by atoms with E-state index in [2.05, 4.69) is 10.3 Å². The fourth-order valence-corrected chi connectivity index (χ4v) is 1.95. The van der Waals surface area contributed by atoms with E-state index in [-0.39, 0.29) is 11.7 Å². The van der Waals surface area contributed by atoms with Crippen molar-refractivity contribution in [3.05, 3.63) is 62.4 Å². The molecule has 1 aromatic heterocycles. The summed E-state index contributed by atoms with van der Waals surface area (Å²) in [5.41, 5.74) is 5.92. The van der Waals surface area contributed by atoms with Crippen LogP contribution in [0.2, 0.25) is 0 Å². The average Bonchev–Trinajstić information content (AvgIpc) is 2.40. The number of H-pyrrole nitrogens is 2. The van der Waals surface area contributed by atoms with Crippen LogP contribution in [0.15, 0.2) is 39.9 Å². The molecular weight excluding hydrogens is 272 g/mol. The van der Waals surface area contributed by atoms with Gasteiger partial charge in [0.15, 0.2) is 0 Å². The van der Waals surface area contributed by atoms with Crippen LogP contribution in [0.25, 0.3) is 0 Å². The zero-order valence-corrected chi connectivity index (χ0v) is 11.5. The molecule has 1 atom stereocenters. The highest BCUT2D eigenvalue weighted by atomic mass is 16.2. The highest BCUT2D eigenvalue weighted by Crippen LogP contribution is 2.08. The largest absolute Gasteiger partial charge is 0.399 e. The first-order valence-electron chi connectivity index (χ1n) is 6.43. The maximum Gasteiger partial charge on any atom is 0.326 e. The third-order valence-corrected chi connectivity index (χ3v) is 2.90. The molecule has 21 heavy (non-hydrogen) atoms. The third kappa shape index (κ3) is 4.07. The Morgan fingerprint density at radius 2 is 1.90 bits per heavy atom.